The van der Waals surface area contributed by atoms with Crippen LogP contribution in [0.5, 0.6) is 0 Å². The van der Waals surface area contributed by atoms with Gasteiger partial charge in [-0.2, -0.15) is 0 Å². The monoisotopic (exact) mass is 452 g/mol. The highest BCUT2D eigenvalue weighted by Gasteiger charge is 2.30. The molecule has 6 nitrogen and oxygen atoms in total. The number of ether oxygens (including phenoxy) is 1. The van der Waals surface area contributed by atoms with E-state index in [1.807, 2.05) is 51.4 Å². The Morgan fingerprint density at radius 3 is 2.62 bits per heavy atom. The number of carbonyl (C=O) groups excluding carboxylic acids is 1. The number of hydrogen-bond donors (Lipinski definition) is 2. The molecule has 0 atom stereocenters. The average Bonchev–Trinajstić information content (AvgIpc) is 3.42. The third-order valence-corrected chi connectivity index (χ3v) is 6.98. The second-order valence-corrected chi connectivity index (χ2v) is 10.5. The van der Waals surface area contributed by atoms with Gasteiger partial charge in [-0.3, -0.25) is 0 Å². The van der Waals surface area contributed by atoms with Crippen LogP contribution in [0.1, 0.15) is 62.8 Å². The number of nitrogens with two attached hydrogens (primary N) is 1. The number of fused-ring (bicyclic) bond motifs is 1. The van der Waals surface area contributed by atoms with Gasteiger partial charge in [0, 0.05) is 30.2 Å². The van der Waals surface area contributed by atoms with Crippen molar-refractivity contribution in [2.45, 2.75) is 64.0 Å². The van der Waals surface area contributed by atoms with Crippen molar-refractivity contribution in [1.29, 1.82) is 0 Å². The van der Waals surface area contributed by atoms with E-state index < -0.39 is 5.60 Å². The van der Waals surface area contributed by atoms with Crippen molar-refractivity contribution in [2.75, 3.05) is 7.05 Å². The molecule has 0 bridgehead atoms. The fourth-order valence-electron chi connectivity index (χ4n) is 4.42. The molecule has 7 heteroatoms. The number of thiophene rings is 1. The summed E-state index contributed by atoms with van der Waals surface area (Å²) in [6.45, 7) is 5.71. The highest BCUT2D eigenvalue weighted by Crippen LogP contribution is 2.38. The van der Waals surface area contributed by atoms with E-state index in [-0.39, 0.29) is 12.1 Å². The molecule has 1 amide bonds. The zero-order valence-electron chi connectivity index (χ0n) is 19.2. The van der Waals surface area contributed by atoms with E-state index in [1.165, 1.54) is 10.9 Å². The molecule has 1 fully saturated rings. The molecular weight excluding hydrogens is 420 g/mol. The smallest absolute Gasteiger partial charge is 0.410 e. The average molecular weight is 453 g/mol. The second-order valence-electron chi connectivity index (χ2n) is 9.54. The molecule has 2 aromatic heterocycles. The van der Waals surface area contributed by atoms with Gasteiger partial charge in [-0.25, -0.2) is 9.79 Å². The highest BCUT2D eigenvalue weighted by atomic mass is 32.1. The maximum Gasteiger partial charge on any atom is 0.410 e. The summed E-state index contributed by atoms with van der Waals surface area (Å²) < 4.78 is 5.53. The summed E-state index contributed by atoms with van der Waals surface area (Å²) in [5.41, 5.74) is 8.95. The summed E-state index contributed by atoms with van der Waals surface area (Å²) >= 11 is 1.59. The summed E-state index contributed by atoms with van der Waals surface area (Å²) in [4.78, 5) is 23.2. The maximum absolute atomic E-state index is 12.4. The first-order valence-corrected chi connectivity index (χ1v) is 12.0. The lowest BCUT2D eigenvalue weighted by molar-refractivity contribution is 0.0183. The quantitative estimate of drug-likeness (QED) is 0.367. The predicted molar refractivity (Wildman–Crippen MR) is 132 cm³/mol. The van der Waals surface area contributed by atoms with Crippen LogP contribution in [0.3, 0.4) is 0 Å². The molecular formula is C25H32N4O2S. The first kappa shape index (κ1) is 22.4. The van der Waals surface area contributed by atoms with E-state index in [9.17, 15) is 4.79 Å². The van der Waals surface area contributed by atoms with Crippen molar-refractivity contribution < 1.29 is 9.53 Å². The molecule has 0 unspecified atom stereocenters. The molecule has 1 aromatic carbocycles. The number of carbonyl (C=O) groups is 1. The Morgan fingerprint density at radius 2 is 1.97 bits per heavy atom. The Morgan fingerprint density at radius 1 is 1.22 bits per heavy atom. The van der Waals surface area contributed by atoms with Gasteiger partial charge in [-0.1, -0.05) is 12.1 Å². The molecule has 0 saturated heterocycles. The number of aromatic nitrogens is 1. The van der Waals surface area contributed by atoms with Crippen molar-refractivity contribution in [3.8, 4) is 0 Å². The van der Waals surface area contributed by atoms with Gasteiger partial charge in [0.05, 0.1) is 10.6 Å². The minimum Gasteiger partial charge on any atom is -0.444 e. The van der Waals surface area contributed by atoms with E-state index in [2.05, 4.69) is 28.3 Å². The lowest BCUT2D eigenvalue weighted by Crippen LogP contribution is -2.42. The van der Waals surface area contributed by atoms with Crippen LogP contribution in [0.4, 0.5) is 10.5 Å². The van der Waals surface area contributed by atoms with Gasteiger partial charge in [-0.15, -0.1) is 11.3 Å². The van der Waals surface area contributed by atoms with Gasteiger partial charge >= 0.3 is 6.09 Å². The van der Waals surface area contributed by atoms with E-state index in [0.29, 0.717) is 11.8 Å². The van der Waals surface area contributed by atoms with Gasteiger partial charge in [0.2, 0.25) is 0 Å². The van der Waals surface area contributed by atoms with Crippen molar-refractivity contribution in [3.63, 3.8) is 0 Å². The normalized spacial score (nSPS) is 19.8. The number of aromatic amines is 1. The molecule has 1 aliphatic rings. The predicted octanol–water partition coefficient (Wildman–Crippen LogP) is 6.16. The van der Waals surface area contributed by atoms with Gasteiger partial charge in [0.1, 0.15) is 11.4 Å². The number of hydrogen-bond acceptors (Lipinski definition) is 4. The number of amidine groups is 1. The summed E-state index contributed by atoms with van der Waals surface area (Å²) in [7, 11) is 1.86. The lowest BCUT2D eigenvalue weighted by Gasteiger charge is -2.35. The van der Waals surface area contributed by atoms with Gasteiger partial charge < -0.3 is 20.4 Å². The zero-order chi connectivity index (χ0) is 22.9. The van der Waals surface area contributed by atoms with Crippen LogP contribution < -0.4 is 5.73 Å². The molecule has 170 valence electrons. The van der Waals surface area contributed by atoms with Crippen LogP contribution in [0.25, 0.3) is 10.9 Å². The zero-order valence-corrected chi connectivity index (χ0v) is 20.0. The fourth-order valence-corrected chi connectivity index (χ4v) is 5.05. The topological polar surface area (TPSA) is 83.7 Å². The molecule has 4 rings (SSSR count). The second kappa shape index (κ2) is 8.98. The largest absolute Gasteiger partial charge is 0.444 e. The lowest BCUT2D eigenvalue weighted by atomic mass is 9.81. The van der Waals surface area contributed by atoms with Crippen LogP contribution >= 0.6 is 11.3 Å². The van der Waals surface area contributed by atoms with Crippen LogP contribution in [0.2, 0.25) is 0 Å². The Labute approximate surface area is 193 Å². The molecule has 3 N–H and O–H groups in total. The van der Waals surface area contributed by atoms with Crippen molar-refractivity contribution in [3.05, 3.63) is 52.3 Å². The number of nitrogens with zero attached hydrogens (tertiary/aromatic N) is 2. The SMILES string of the molecule is CN(C(=O)OC(C)(C)C)C1CCC(c2c[nH]c3cc(N=C(N)c4cccs4)ccc23)CC1. The molecule has 3 aromatic rings. The van der Waals surface area contributed by atoms with E-state index in [0.717, 1.165) is 41.8 Å². The van der Waals surface area contributed by atoms with Gasteiger partial charge in [0.25, 0.3) is 0 Å². The van der Waals surface area contributed by atoms with Crippen LogP contribution in [0.15, 0.2) is 46.9 Å². The first-order chi connectivity index (χ1) is 15.2. The molecule has 0 aliphatic heterocycles. The number of aliphatic imine (C=N–C) groups is 1. The molecule has 0 radical (unpaired) electrons. The van der Waals surface area contributed by atoms with E-state index in [1.54, 1.807) is 16.2 Å². The molecule has 32 heavy (non-hydrogen) atoms. The van der Waals surface area contributed by atoms with Crippen molar-refractivity contribution >= 4 is 39.9 Å². The number of nitrogens with one attached hydrogen (secondary N) is 1. The summed E-state index contributed by atoms with van der Waals surface area (Å²) in [5, 5.41) is 3.24. The van der Waals surface area contributed by atoms with Gasteiger partial charge in [0.15, 0.2) is 0 Å². The molecule has 0 spiro atoms. The summed E-state index contributed by atoms with van der Waals surface area (Å²) in [6, 6.07) is 10.4. The van der Waals surface area contributed by atoms with Crippen molar-refractivity contribution in [1.82, 2.24) is 9.88 Å². The minimum atomic E-state index is -0.468. The number of amides is 1. The Bertz CT molecular complexity index is 1100. The van der Waals surface area contributed by atoms with Gasteiger partial charge in [-0.05, 0) is 81.5 Å². The first-order valence-electron chi connectivity index (χ1n) is 11.2. The van der Waals surface area contributed by atoms with Crippen LogP contribution in [-0.4, -0.2) is 40.5 Å². The highest BCUT2D eigenvalue weighted by molar-refractivity contribution is 7.12. The standard InChI is InChI=1S/C25H32N4O2S/c1-25(2,3)31-24(30)29(4)18-10-7-16(8-11-18)20-15-27-21-14-17(9-12-19(20)21)28-23(26)22-6-5-13-32-22/h5-6,9,12-16,18,27H,7-8,10-11H2,1-4H3,(H2,26,28). The van der Waals surface area contributed by atoms with E-state index in [4.69, 9.17) is 10.5 Å². The minimum absolute atomic E-state index is 0.229. The number of rotatable bonds is 4. The summed E-state index contributed by atoms with van der Waals surface area (Å²) in [6.07, 6.45) is 5.96. The Kier molecular flexibility index (Phi) is 6.29. The Balaban J connectivity index is 1.43. The van der Waals surface area contributed by atoms with Crippen LogP contribution in [0, 0.1) is 0 Å². The molecule has 2 heterocycles. The van der Waals surface area contributed by atoms with Crippen LogP contribution in [-0.2, 0) is 4.74 Å². The summed E-state index contributed by atoms with van der Waals surface area (Å²) in [5.74, 6) is 1.02. The number of H-pyrrole nitrogens is 1. The maximum atomic E-state index is 12.4. The fraction of sp³-hybridized carbons (Fsp3) is 0.440. The third kappa shape index (κ3) is 4.99. The van der Waals surface area contributed by atoms with Crippen molar-refractivity contribution in [2.24, 2.45) is 10.7 Å². The van der Waals surface area contributed by atoms with E-state index >= 15 is 0 Å². The Hall–Kier alpha value is -2.80. The third-order valence-electron chi connectivity index (χ3n) is 6.09. The molecule has 1 saturated carbocycles. The number of benzene rings is 1. The molecule has 1 aliphatic carbocycles.